The molecule has 2 aromatic rings. The van der Waals surface area contributed by atoms with Gasteiger partial charge in [-0.3, -0.25) is 0 Å². The molecule has 2 aromatic carbocycles. The van der Waals surface area contributed by atoms with E-state index < -0.39 is 0 Å². The monoisotopic (exact) mass is 234 g/mol. The van der Waals surface area contributed by atoms with Gasteiger partial charge in [0.2, 0.25) is 0 Å². The van der Waals surface area contributed by atoms with Gasteiger partial charge in [-0.15, -0.1) is 0 Å². The average Bonchev–Trinajstić information content (AvgIpc) is 2.46. The van der Waals surface area contributed by atoms with Gasteiger partial charge in [0, 0.05) is 0 Å². The molecule has 0 nitrogen and oxygen atoms in total. The van der Waals surface area contributed by atoms with E-state index in [2.05, 4.69) is 86.7 Å². The molecule has 0 unspecified atom stereocenters. The van der Waals surface area contributed by atoms with Crippen molar-refractivity contribution in [2.75, 3.05) is 0 Å². The lowest BCUT2D eigenvalue weighted by molar-refractivity contribution is 1.55. The summed E-state index contributed by atoms with van der Waals surface area (Å²) in [4.78, 5) is 0. The first-order chi connectivity index (χ1) is 8.86. The molecule has 0 heteroatoms. The summed E-state index contributed by atoms with van der Waals surface area (Å²) in [6.07, 6.45) is 4.36. The molecule has 0 bridgehead atoms. The standard InChI is InChI=1S/C18H18/c1-3-17(15-11-7-5-8-12-15)18(4-2)16-13-9-6-10-14-16/h3-14H,1-2H3/b17-3+,18-4+. The van der Waals surface area contributed by atoms with Gasteiger partial charge in [0.05, 0.1) is 0 Å². The molecule has 0 N–H and O–H groups in total. The van der Waals surface area contributed by atoms with Crippen LogP contribution in [0.25, 0.3) is 11.1 Å². The van der Waals surface area contributed by atoms with Gasteiger partial charge in [-0.2, -0.15) is 0 Å². The number of allylic oxidation sites excluding steroid dienone is 4. The fourth-order valence-corrected chi connectivity index (χ4v) is 2.19. The lowest BCUT2D eigenvalue weighted by Crippen LogP contribution is -1.90. The SMILES string of the molecule is C/C=C(/C(=C/C)c1ccccc1)c1ccccc1. The fraction of sp³-hybridized carbons (Fsp3) is 0.111. The first kappa shape index (κ1) is 12.4. The Morgan fingerprint density at radius 3 is 1.22 bits per heavy atom. The molecule has 0 heterocycles. The number of rotatable bonds is 3. The van der Waals surface area contributed by atoms with Crippen molar-refractivity contribution in [3.8, 4) is 0 Å². The van der Waals surface area contributed by atoms with Gasteiger partial charge >= 0.3 is 0 Å². The van der Waals surface area contributed by atoms with Crippen LogP contribution in [-0.2, 0) is 0 Å². The molecule has 0 atom stereocenters. The van der Waals surface area contributed by atoms with Crippen LogP contribution in [0.5, 0.6) is 0 Å². The molecule has 0 radical (unpaired) electrons. The second-order valence-electron chi connectivity index (χ2n) is 4.14. The highest BCUT2D eigenvalue weighted by Gasteiger charge is 2.07. The summed E-state index contributed by atoms with van der Waals surface area (Å²) < 4.78 is 0. The van der Waals surface area contributed by atoms with E-state index in [9.17, 15) is 0 Å². The van der Waals surface area contributed by atoms with Crippen molar-refractivity contribution < 1.29 is 0 Å². The summed E-state index contributed by atoms with van der Waals surface area (Å²) in [5.74, 6) is 0. The van der Waals surface area contributed by atoms with Gasteiger partial charge in [0.15, 0.2) is 0 Å². The third-order valence-corrected chi connectivity index (χ3v) is 3.04. The Kier molecular flexibility index (Phi) is 4.14. The summed E-state index contributed by atoms with van der Waals surface area (Å²) in [6, 6.07) is 21.0. The van der Waals surface area contributed by atoms with Crippen molar-refractivity contribution in [2.45, 2.75) is 13.8 Å². The summed E-state index contributed by atoms with van der Waals surface area (Å²) in [6.45, 7) is 4.18. The minimum atomic E-state index is 1.26. The first-order valence-corrected chi connectivity index (χ1v) is 6.30. The molecule has 0 aliphatic carbocycles. The number of hydrogen-bond donors (Lipinski definition) is 0. The Morgan fingerprint density at radius 2 is 0.944 bits per heavy atom. The topological polar surface area (TPSA) is 0 Å². The predicted molar refractivity (Wildman–Crippen MR) is 80.2 cm³/mol. The van der Waals surface area contributed by atoms with Crippen molar-refractivity contribution in [3.05, 3.63) is 83.9 Å². The minimum Gasteiger partial charge on any atom is -0.0792 e. The largest absolute Gasteiger partial charge is 0.0792 e. The highest BCUT2D eigenvalue weighted by Crippen LogP contribution is 2.30. The molecule has 0 aliphatic heterocycles. The third-order valence-electron chi connectivity index (χ3n) is 3.04. The summed E-state index contributed by atoms with van der Waals surface area (Å²) in [5.41, 5.74) is 5.09. The molecular formula is C18H18. The lowest BCUT2D eigenvalue weighted by Gasteiger charge is -2.12. The Hall–Kier alpha value is -2.08. The van der Waals surface area contributed by atoms with E-state index >= 15 is 0 Å². The van der Waals surface area contributed by atoms with Crippen molar-refractivity contribution in [1.29, 1.82) is 0 Å². The van der Waals surface area contributed by atoms with Crippen molar-refractivity contribution in [3.63, 3.8) is 0 Å². The molecule has 0 spiro atoms. The molecule has 0 fully saturated rings. The third kappa shape index (κ3) is 2.60. The van der Waals surface area contributed by atoms with E-state index in [0.29, 0.717) is 0 Å². The Morgan fingerprint density at radius 1 is 0.611 bits per heavy atom. The van der Waals surface area contributed by atoms with Gasteiger partial charge in [0.25, 0.3) is 0 Å². The molecule has 0 aliphatic rings. The maximum atomic E-state index is 2.18. The Labute approximate surface area is 109 Å². The minimum absolute atomic E-state index is 1.26. The summed E-state index contributed by atoms with van der Waals surface area (Å²) in [7, 11) is 0. The number of hydrogen-bond acceptors (Lipinski definition) is 0. The van der Waals surface area contributed by atoms with Crippen molar-refractivity contribution >= 4 is 11.1 Å². The molecule has 18 heavy (non-hydrogen) atoms. The normalized spacial score (nSPS) is 12.6. The van der Waals surface area contributed by atoms with Crippen molar-refractivity contribution in [2.24, 2.45) is 0 Å². The highest BCUT2D eigenvalue weighted by atomic mass is 14.1. The van der Waals surface area contributed by atoms with E-state index in [-0.39, 0.29) is 0 Å². The zero-order valence-corrected chi connectivity index (χ0v) is 10.9. The molecule has 90 valence electrons. The van der Waals surface area contributed by atoms with Crippen LogP contribution in [0.1, 0.15) is 25.0 Å². The highest BCUT2D eigenvalue weighted by molar-refractivity contribution is 6.04. The molecule has 0 saturated carbocycles. The predicted octanol–water partition coefficient (Wildman–Crippen LogP) is 5.19. The smallest absolute Gasteiger partial charge is 0.0151 e. The van der Waals surface area contributed by atoms with Crippen LogP contribution in [-0.4, -0.2) is 0 Å². The number of benzene rings is 2. The molecular weight excluding hydrogens is 216 g/mol. The van der Waals surface area contributed by atoms with Crippen LogP contribution in [0.2, 0.25) is 0 Å². The summed E-state index contributed by atoms with van der Waals surface area (Å²) in [5, 5.41) is 0. The van der Waals surface area contributed by atoms with Gasteiger partial charge < -0.3 is 0 Å². The lowest BCUT2D eigenvalue weighted by atomic mass is 9.92. The fourth-order valence-electron chi connectivity index (χ4n) is 2.19. The van der Waals surface area contributed by atoms with E-state index in [1.807, 2.05) is 0 Å². The van der Waals surface area contributed by atoms with Crippen LogP contribution in [0, 0.1) is 0 Å². The van der Waals surface area contributed by atoms with Crippen LogP contribution in [0.3, 0.4) is 0 Å². The zero-order valence-electron chi connectivity index (χ0n) is 10.9. The van der Waals surface area contributed by atoms with Gasteiger partial charge in [0.1, 0.15) is 0 Å². The van der Waals surface area contributed by atoms with E-state index in [1.165, 1.54) is 22.3 Å². The van der Waals surface area contributed by atoms with Gasteiger partial charge in [-0.25, -0.2) is 0 Å². The quantitative estimate of drug-likeness (QED) is 0.641. The van der Waals surface area contributed by atoms with Gasteiger partial charge in [-0.05, 0) is 36.1 Å². The zero-order chi connectivity index (χ0) is 12.8. The average molecular weight is 234 g/mol. The molecule has 0 saturated heterocycles. The Balaban J connectivity index is 2.45. The molecule has 0 aromatic heterocycles. The van der Waals surface area contributed by atoms with E-state index in [0.717, 1.165) is 0 Å². The van der Waals surface area contributed by atoms with Crippen LogP contribution >= 0.6 is 0 Å². The molecule has 2 rings (SSSR count). The van der Waals surface area contributed by atoms with E-state index in [4.69, 9.17) is 0 Å². The summed E-state index contributed by atoms with van der Waals surface area (Å²) >= 11 is 0. The first-order valence-electron chi connectivity index (χ1n) is 6.30. The second-order valence-corrected chi connectivity index (χ2v) is 4.14. The second kappa shape index (κ2) is 6.02. The van der Waals surface area contributed by atoms with Crippen LogP contribution in [0.4, 0.5) is 0 Å². The molecule has 0 amide bonds. The van der Waals surface area contributed by atoms with Crippen LogP contribution in [0.15, 0.2) is 72.8 Å². The maximum absolute atomic E-state index is 2.18. The Bertz CT molecular complexity index is 492. The van der Waals surface area contributed by atoms with Crippen LogP contribution < -0.4 is 0 Å². The van der Waals surface area contributed by atoms with E-state index in [1.54, 1.807) is 0 Å². The van der Waals surface area contributed by atoms with Crippen molar-refractivity contribution in [1.82, 2.24) is 0 Å². The maximum Gasteiger partial charge on any atom is -0.0151 e. The van der Waals surface area contributed by atoms with Gasteiger partial charge in [-0.1, -0.05) is 72.8 Å².